The fraction of sp³-hybridized carbons (Fsp3) is 0.538. The largest absolute Gasteiger partial charge is 0.122 e. The van der Waals surface area contributed by atoms with Crippen LogP contribution in [0.25, 0.3) is 0 Å². The molecule has 1 heteroatoms. The van der Waals surface area contributed by atoms with Crippen molar-refractivity contribution in [3.63, 3.8) is 0 Å². The third-order valence-electron chi connectivity index (χ3n) is 3.71. The van der Waals surface area contributed by atoms with Crippen molar-refractivity contribution in [1.29, 1.82) is 0 Å². The van der Waals surface area contributed by atoms with Crippen LogP contribution in [0.4, 0.5) is 0 Å². The first-order valence-electron chi connectivity index (χ1n) is 5.62. The van der Waals surface area contributed by atoms with Crippen molar-refractivity contribution in [2.75, 3.05) is 0 Å². The molecule has 1 fully saturated rings. The molecule has 1 aliphatic heterocycles. The smallest absolute Gasteiger partial charge is 0.0189 e. The summed E-state index contributed by atoms with van der Waals surface area (Å²) in [6.07, 6.45) is 4.28. The first-order chi connectivity index (χ1) is 6.86. The van der Waals surface area contributed by atoms with Gasteiger partial charge in [-0.05, 0) is 36.3 Å². The number of hydrogen-bond acceptors (Lipinski definition) is 1. The fourth-order valence-corrected chi connectivity index (χ4v) is 4.58. The van der Waals surface area contributed by atoms with Gasteiger partial charge in [0.2, 0.25) is 0 Å². The van der Waals surface area contributed by atoms with Crippen molar-refractivity contribution in [2.45, 2.75) is 42.2 Å². The second kappa shape index (κ2) is 3.30. The molecule has 0 nitrogen and oxygen atoms in total. The van der Waals surface area contributed by atoms with Crippen LogP contribution in [0.3, 0.4) is 0 Å². The lowest BCUT2D eigenvalue weighted by Crippen LogP contribution is -2.23. The van der Waals surface area contributed by atoms with E-state index in [4.69, 9.17) is 0 Å². The van der Waals surface area contributed by atoms with Gasteiger partial charge in [0.05, 0.1) is 0 Å². The molecule has 0 N–H and O–H groups in total. The second-order valence-electron chi connectivity index (χ2n) is 4.63. The average Bonchev–Trinajstić information content (AvgIpc) is 2.59. The Morgan fingerprint density at radius 3 is 3.00 bits per heavy atom. The van der Waals surface area contributed by atoms with Crippen LogP contribution in [0.2, 0.25) is 0 Å². The summed E-state index contributed by atoms with van der Waals surface area (Å²) in [5, 5.41) is 0.876. The zero-order chi connectivity index (χ0) is 9.54. The molecule has 1 aromatic rings. The lowest BCUT2D eigenvalue weighted by Gasteiger charge is -2.30. The van der Waals surface area contributed by atoms with Gasteiger partial charge in [-0.25, -0.2) is 0 Å². The number of fused-ring (bicyclic) bond motifs is 3. The Morgan fingerprint density at radius 2 is 2.07 bits per heavy atom. The Kier molecular flexibility index (Phi) is 2.09. The lowest BCUT2D eigenvalue weighted by atomic mass is 9.79. The second-order valence-corrected chi connectivity index (χ2v) is 5.85. The SMILES string of the molecule is CC1CCCC2c3ccccc3SC12. The van der Waals surface area contributed by atoms with Crippen LogP contribution < -0.4 is 0 Å². The molecule has 0 radical (unpaired) electrons. The minimum absolute atomic E-state index is 0.861. The Labute approximate surface area is 90.1 Å². The van der Waals surface area contributed by atoms with Crippen LogP contribution in [0.15, 0.2) is 29.2 Å². The van der Waals surface area contributed by atoms with Gasteiger partial charge in [-0.2, -0.15) is 0 Å². The molecule has 0 amide bonds. The van der Waals surface area contributed by atoms with Crippen molar-refractivity contribution in [1.82, 2.24) is 0 Å². The molecule has 3 unspecified atom stereocenters. The molecule has 0 spiro atoms. The van der Waals surface area contributed by atoms with E-state index >= 15 is 0 Å². The Bertz CT molecular complexity index is 345. The standard InChI is InChI=1S/C13H16S/c1-9-5-4-7-11-10-6-2-3-8-12(10)14-13(9)11/h2-3,6,8-9,11,13H,4-5,7H2,1H3. The van der Waals surface area contributed by atoms with E-state index in [1.54, 1.807) is 10.5 Å². The van der Waals surface area contributed by atoms with Gasteiger partial charge >= 0.3 is 0 Å². The van der Waals surface area contributed by atoms with E-state index in [1.807, 2.05) is 0 Å². The van der Waals surface area contributed by atoms with E-state index < -0.39 is 0 Å². The first kappa shape index (κ1) is 8.84. The molecule has 1 aliphatic carbocycles. The van der Waals surface area contributed by atoms with Crippen molar-refractivity contribution in [3.05, 3.63) is 29.8 Å². The van der Waals surface area contributed by atoms with Crippen LogP contribution in [0.1, 0.15) is 37.7 Å². The van der Waals surface area contributed by atoms with Crippen LogP contribution in [-0.4, -0.2) is 5.25 Å². The summed E-state index contributed by atoms with van der Waals surface area (Å²) in [6, 6.07) is 9.00. The van der Waals surface area contributed by atoms with E-state index in [-0.39, 0.29) is 0 Å². The number of hydrogen-bond donors (Lipinski definition) is 0. The third kappa shape index (κ3) is 1.22. The van der Waals surface area contributed by atoms with Gasteiger partial charge in [0.1, 0.15) is 0 Å². The maximum absolute atomic E-state index is 2.43. The highest BCUT2D eigenvalue weighted by atomic mass is 32.2. The summed E-state index contributed by atoms with van der Waals surface area (Å²) in [6.45, 7) is 2.43. The monoisotopic (exact) mass is 204 g/mol. The van der Waals surface area contributed by atoms with E-state index in [9.17, 15) is 0 Å². The predicted octanol–water partition coefficient (Wildman–Crippen LogP) is 4.06. The van der Waals surface area contributed by atoms with Crippen LogP contribution >= 0.6 is 11.8 Å². The number of benzene rings is 1. The molecule has 3 atom stereocenters. The van der Waals surface area contributed by atoms with E-state index in [0.717, 1.165) is 17.1 Å². The summed E-state index contributed by atoms with van der Waals surface area (Å²) in [7, 11) is 0. The molecular formula is C13H16S. The van der Waals surface area contributed by atoms with Gasteiger partial charge in [0, 0.05) is 10.1 Å². The Balaban J connectivity index is 2.00. The molecule has 1 aromatic carbocycles. The summed E-state index contributed by atoms with van der Waals surface area (Å²) in [5.74, 6) is 1.77. The fourth-order valence-electron chi connectivity index (χ4n) is 2.96. The molecular weight excluding hydrogens is 188 g/mol. The molecule has 3 rings (SSSR count). The molecule has 1 saturated carbocycles. The minimum atomic E-state index is 0.861. The lowest BCUT2D eigenvalue weighted by molar-refractivity contribution is 0.361. The maximum Gasteiger partial charge on any atom is 0.0189 e. The molecule has 1 heterocycles. The summed E-state index contributed by atoms with van der Waals surface area (Å²) < 4.78 is 0. The zero-order valence-electron chi connectivity index (χ0n) is 8.57. The van der Waals surface area contributed by atoms with Gasteiger partial charge in [-0.1, -0.05) is 31.5 Å². The normalized spacial score (nSPS) is 35.1. The predicted molar refractivity (Wildman–Crippen MR) is 61.8 cm³/mol. The van der Waals surface area contributed by atoms with E-state index in [0.29, 0.717) is 0 Å². The summed E-state index contributed by atoms with van der Waals surface area (Å²) in [4.78, 5) is 1.55. The molecule has 0 saturated heterocycles. The highest BCUT2D eigenvalue weighted by Gasteiger charge is 2.38. The number of rotatable bonds is 0. The zero-order valence-corrected chi connectivity index (χ0v) is 9.39. The molecule has 0 bridgehead atoms. The van der Waals surface area contributed by atoms with Crippen molar-refractivity contribution in [2.24, 2.45) is 5.92 Å². The van der Waals surface area contributed by atoms with Crippen molar-refractivity contribution >= 4 is 11.8 Å². The molecule has 74 valence electrons. The minimum Gasteiger partial charge on any atom is -0.122 e. The van der Waals surface area contributed by atoms with Crippen LogP contribution in [-0.2, 0) is 0 Å². The average molecular weight is 204 g/mol. The van der Waals surface area contributed by atoms with E-state index in [2.05, 4.69) is 43.0 Å². The highest BCUT2D eigenvalue weighted by molar-refractivity contribution is 8.00. The summed E-state index contributed by atoms with van der Waals surface area (Å²) in [5.41, 5.74) is 1.63. The van der Waals surface area contributed by atoms with Gasteiger partial charge in [-0.15, -0.1) is 11.8 Å². The molecule has 0 aromatic heterocycles. The van der Waals surface area contributed by atoms with E-state index in [1.165, 1.54) is 19.3 Å². The van der Waals surface area contributed by atoms with Crippen LogP contribution in [0.5, 0.6) is 0 Å². The highest BCUT2D eigenvalue weighted by Crippen LogP contribution is 2.53. The molecule has 2 aliphatic rings. The van der Waals surface area contributed by atoms with Gasteiger partial charge < -0.3 is 0 Å². The Hall–Kier alpha value is -0.430. The van der Waals surface area contributed by atoms with Gasteiger partial charge in [0.25, 0.3) is 0 Å². The first-order valence-corrected chi connectivity index (χ1v) is 6.50. The topological polar surface area (TPSA) is 0 Å². The quantitative estimate of drug-likeness (QED) is 0.614. The third-order valence-corrected chi connectivity index (χ3v) is 5.40. The van der Waals surface area contributed by atoms with Gasteiger partial charge in [-0.3, -0.25) is 0 Å². The van der Waals surface area contributed by atoms with Crippen molar-refractivity contribution in [3.8, 4) is 0 Å². The Morgan fingerprint density at radius 1 is 1.21 bits per heavy atom. The van der Waals surface area contributed by atoms with Crippen molar-refractivity contribution < 1.29 is 0 Å². The molecule has 14 heavy (non-hydrogen) atoms. The van der Waals surface area contributed by atoms with Crippen LogP contribution in [0, 0.1) is 5.92 Å². The number of thioether (sulfide) groups is 1. The van der Waals surface area contributed by atoms with Gasteiger partial charge in [0.15, 0.2) is 0 Å². The summed E-state index contributed by atoms with van der Waals surface area (Å²) >= 11 is 2.13. The maximum atomic E-state index is 2.43.